The van der Waals surface area contributed by atoms with E-state index in [2.05, 4.69) is 31.9 Å². The molecule has 3 N–H and O–H groups in total. The predicted molar refractivity (Wildman–Crippen MR) is 84.1 cm³/mol. The van der Waals surface area contributed by atoms with Crippen LogP contribution in [0.25, 0.3) is 0 Å². The second-order valence-corrected chi connectivity index (χ2v) is 5.90. The standard InChI is InChI=1S/C14H12Br2N2O/c1-8-2-3-9(15)6-12(8)19-13-7-10(16)4-5-11(13)14(17)18/h2-7H,1H3,(H3,17,18). The Morgan fingerprint density at radius 2 is 1.63 bits per heavy atom. The zero-order chi connectivity index (χ0) is 14.0. The van der Waals surface area contributed by atoms with Gasteiger partial charge in [0.2, 0.25) is 0 Å². The summed E-state index contributed by atoms with van der Waals surface area (Å²) in [7, 11) is 0. The summed E-state index contributed by atoms with van der Waals surface area (Å²) < 4.78 is 7.70. The van der Waals surface area contributed by atoms with E-state index in [1.165, 1.54) is 0 Å². The Morgan fingerprint density at radius 1 is 1.05 bits per heavy atom. The molecule has 0 bridgehead atoms. The van der Waals surface area contributed by atoms with Gasteiger partial charge in [-0.15, -0.1) is 0 Å². The van der Waals surface area contributed by atoms with Gasteiger partial charge in [0.05, 0.1) is 5.56 Å². The number of amidine groups is 1. The van der Waals surface area contributed by atoms with Crippen LogP contribution in [0, 0.1) is 12.3 Å². The average Bonchev–Trinajstić information content (AvgIpc) is 2.33. The minimum absolute atomic E-state index is 0.0184. The van der Waals surface area contributed by atoms with Crippen LogP contribution >= 0.6 is 31.9 Å². The third-order valence-electron chi connectivity index (χ3n) is 2.60. The molecule has 0 aromatic heterocycles. The molecule has 0 amide bonds. The molecule has 0 unspecified atom stereocenters. The third-order valence-corrected chi connectivity index (χ3v) is 3.59. The fraction of sp³-hybridized carbons (Fsp3) is 0.0714. The second-order valence-electron chi connectivity index (χ2n) is 4.07. The molecule has 2 aromatic rings. The summed E-state index contributed by atoms with van der Waals surface area (Å²) >= 11 is 6.81. The van der Waals surface area contributed by atoms with E-state index in [0.717, 1.165) is 20.3 Å². The number of rotatable bonds is 3. The van der Waals surface area contributed by atoms with Crippen LogP contribution < -0.4 is 10.5 Å². The van der Waals surface area contributed by atoms with Crippen molar-refractivity contribution >= 4 is 37.7 Å². The number of nitrogen functional groups attached to an aromatic ring is 1. The topological polar surface area (TPSA) is 59.1 Å². The number of nitrogens with two attached hydrogens (primary N) is 1. The van der Waals surface area contributed by atoms with E-state index in [9.17, 15) is 0 Å². The number of ether oxygens (including phenoxy) is 1. The lowest BCUT2D eigenvalue weighted by atomic mass is 10.2. The van der Waals surface area contributed by atoms with Gasteiger partial charge in [-0.05, 0) is 42.8 Å². The van der Waals surface area contributed by atoms with Crippen molar-refractivity contribution < 1.29 is 4.74 Å². The van der Waals surface area contributed by atoms with Gasteiger partial charge in [-0.25, -0.2) is 0 Å². The summed E-state index contributed by atoms with van der Waals surface area (Å²) in [4.78, 5) is 0. The molecule has 0 saturated carbocycles. The van der Waals surface area contributed by atoms with Crippen molar-refractivity contribution in [2.24, 2.45) is 5.73 Å². The van der Waals surface area contributed by atoms with Gasteiger partial charge in [0, 0.05) is 8.95 Å². The van der Waals surface area contributed by atoms with E-state index in [1.807, 2.05) is 31.2 Å². The highest BCUT2D eigenvalue weighted by atomic mass is 79.9. The summed E-state index contributed by atoms with van der Waals surface area (Å²) in [6.07, 6.45) is 0. The van der Waals surface area contributed by atoms with E-state index >= 15 is 0 Å². The van der Waals surface area contributed by atoms with Crippen LogP contribution in [0.4, 0.5) is 0 Å². The van der Waals surface area contributed by atoms with E-state index in [4.69, 9.17) is 15.9 Å². The quantitative estimate of drug-likeness (QED) is 0.601. The molecule has 5 heteroatoms. The van der Waals surface area contributed by atoms with Crippen molar-refractivity contribution in [3.8, 4) is 11.5 Å². The zero-order valence-corrected chi connectivity index (χ0v) is 13.4. The molecule has 19 heavy (non-hydrogen) atoms. The maximum atomic E-state index is 7.58. The molecular weight excluding hydrogens is 372 g/mol. The molecule has 0 radical (unpaired) electrons. The average molecular weight is 384 g/mol. The molecule has 3 nitrogen and oxygen atoms in total. The predicted octanol–water partition coefficient (Wildman–Crippen LogP) is 4.60. The lowest BCUT2D eigenvalue weighted by Gasteiger charge is -2.13. The minimum Gasteiger partial charge on any atom is -0.456 e. The number of aryl methyl sites for hydroxylation is 1. The van der Waals surface area contributed by atoms with Crippen molar-refractivity contribution in [2.45, 2.75) is 6.92 Å². The number of hydrogen-bond donors (Lipinski definition) is 2. The highest BCUT2D eigenvalue weighted by Gasteiger charge is 2.10. The summed E-state index contributed by atoms with van der Waals surface area (Å²) in [5, 5.41) is 7.58. The molecule has 0 aliphatic rings. The van der Waals surface area contributed by atoms with Crippen molar-refractivity contribution in [1.29, 1.82) is 5.41 Å². The first-order valence-corrected chi connectivity index (χ1v) is 7.14. The Hall–Kier alpha value is -1.33. The lowest BCUT2D eigenvalue weighted by molar-refractivity contribution is 0.477. The second kappa shape index (κ2) is 5.75. The van der Waals surface area contributed by atoms with Crippen LogP contribution in [0.5, 0.6) is 11.5 Å². The first-order chi connectivity index (χ1) is 8.97. The Kier molecular flexibility index (Phi) is 4.27. The fourth-order valence-corrected chi connectivity index (χ4v) is 2.29. The molecule has 0 aliphatic heterocycles. The number of benzene rings is 2. The highest BCUT2D eigenvalue weighted by molar-refractivity contribution is 9.10. The Bertz CT molecular complexity index is 641. The molecule has 0 saturated heterocycles. The zero-order valence-electron chi connectivity index (χ0n) is 10.2. The highest BCUT2D eigenvalue weighted by Crippen LogP contribution is 2.32. The van der Waals surface area contributed by atoms with Crippen molar-refractivity contribution in [2.75, 3.05) is 0 Å². The number of nitrogens with one attached hydrogen (secondary N) is 1. The smallest absolute Gasteiger partial charge is 0.139 e. The molecule has 98 valence electrons. The molecular formula is C14H12Br2N2O. The molecule has 0 atom stereocenters. The maximum absolute atomic E-state index is 7.58. The fourth-order valence-electron chi connectivity index (χ4n) is 1.61. The molecule has 0 fully saturated rings. The Labute approximate surface area is 128 Å². The molecule has 2 aromatic carbocycles. The van der Waals surface area contributed by atoms with Gasteiger partial charge in [-0.1, -0.05) is 37.9 Å². The largest absolute Gasteiger partial charge is 0.456 e. The summed E-state index contributed by atoms with van der Waals surface area (Å²) in [5.74, 6) is 1.27. The van der Waals surface area contributed by atoms with Gasteiger partial charge in [0.15, 0.2) is 0 Å². The Balaban J connectivity index is 2.45. The van der Waals surface area contributed by atoms with Crippen LogP contribution in [-0.2, 0) is 0 Å². The SMILES string of the molecule is Cc1ccc(Br)cc1Oc1cc(Br)ccc1C(=N)N. The Morgan fingerprint density at radius 3 is 2.26 bits per heavy atom. The van der Waals surface area contributed by atoms with Gasteiger partial charge in [-0.2, -0.15) is 0 Å². The van der Waals surface area contributed by atoms with Crippen LogP contribution in [0.15, 0.2) is 45.3 Å². The summed E-state index contributed by atoms with van der Waals surface area (Å²) in [6, 6.07) is 11.2. The van der Waals surface area contributed by atoms with Crippen LogP contribution in [0.1, 0.15) is 11.1 Å². The first-order valence-electron chi connectivity index (χ1n) is 5.55. The van der Waals surface area contributed by atoms with E-state index < -0.39 is 0 Å². The summed E-state index contributed by atoms with van der Waals surface area (Å²) in [6.45, 7) is 1.97. The van der Waals surface area contributed by atoms with Gasteiger partial charge in [0.25, 0.3) is 0 Å². The molecule has 0 spiro atoms. The third kappa shape index (κ3) is 3.36. The van der Waals surface area contributed by atoms with Gasteiger partial charge in [0.1, 0.15) is 17.3 Å². The van der Waals surface area contributed by atoms with Gasteiger partial charge in [-0.3, -0.25) is 5.41 Å². The van der Waals surface area contributed by atoms with E-state index in [-0.39, 0.29) is 5.84 Å². The van der Waals surface area contributed by atoms with Crippen LogP contribution in [0.2, 0.25) is 0 Å². The number of halogens is 2. The van der Waals surface area contributed by atoms with E-state index in [1.54, 1.807) is 12.1 Å². The van der Waals surface area contributed by atoms with Crippen LogP contribution in [0.3, 0.4) is 0 Å². The molecule has 0 heterocycles. The van der Waals surface area contributed by atoms with Crippen molar-refractivity contribution in [1.82, 2.24) is 0 Å². The maximum Gasteiger partial charge on any atom is 0.139 e. The van der Waals surface area contributed by atoms with Gasteiger partial charge >= 0.3 is 0 Å². The van der Waals surface area contributed by atoms with E-state index in [0.29, 0.717) is 11.3 Å². The summed E-state index contributed by atoms with van der Waals surface area (Å²) in [5.41, 5.74) is 7.15. The van der Waals surface area contributed by atoms with Crippen molar-refractivity contribution in [3.63, 3.8) is 0 Å². The molecule has 2 rings (SSSR count). The molecule has 0 aliphatic carbocycles. The lowest BCUT2D eigenvalue weighted by Crippen LogP contribution is -2.12. The monoisotopic (exact) mass is 382 g/mol. The van der Waals surface area contributed by atoms with Gasteiger partial charge < -0.3 is 10.5 Å². The number of hydrogen-bond acceptors (Lipinski definition) is 2. The first kappa shape index (κ1) is 14.1. The minimum atomic E-state index is -0.0184. The van der Waals surface area contributed by atoms with Crippen molar-refractivity contribution in [3.05, 3.63) is 56.5 Å². The normalized spacial score (nSPS) is 10.3. The van der Waals surface area contributed by atoms with Crippen LogP contribution in [-0.4, -0.2) is 5.84 Å².